The van der Waals surface area contributed by atoms with Crippen molar-refractivity contribution in [2.24, 2.45) is 5.73 Å². The van der Waals surface area contributed by atoms with Crippen molar-refractivity contribution < 1.29 is 0 Å². The molecule has 62 valence electrons. The van der Waals surface area contributed by atoms with Crippen LogP contribution in [0.25, 0.3) is 0 Å². The standard InChI is InChI=1S/C7H9BrN2.ClH/c8-6-2-1-5-10-7(6)3-4-9;/h1-2,5H,3-4,9H2;1H. The van der Waals surface area contributed by atoms with E-state index in [0.717, 1.165) is 16.6 Å². The molecule has 0 aromatic carbocycles. The lowest BCUT2D eigenvalue weighted by molar-refractivity contribution is 0.916. The van der Waals surface area contributed by atoms with Gasteiger partial charge in [0.15, 0.2) is 0 Å². The Bertz CT molecular complexity index is 217. The topological polar surface area (TPSA) is 38.9 Å². The summed E-state index contributed by atoms with van der Waals surface area (Å²) in [6.07, 6.45) is 2.61. The monoisotopic (exact) mass is 236 g/mol. The van der Waals surface area contributed by atoms with E-state index < -0.39 is 0 Å². The number of hydrogen-bond donors (Lipinski definition) is 1. The second-order valence-electron chi connectivity index (χ2n) is 1.97. The van der Waals surface area contributed by atoms with Gasteiger partial charge in [0.05, 0.1) is 5.69 Å². The minimum atomic E-state index is 0. The van der Waals surface area contributed by atoms with Crippen LogP contribution in [0, 0.1) is 0 Å². The minimum absolute atomic E-state index is 0. The number of nitrogens with two attached hydrogens (primary N) is 1. The van der Waals surface area contributed by atoms with Crippen LogP contribution in [0.5, 0.6) is 0 Å². The van der Waals surface area contributed by atoms with Crippen molar-refractivity contribution in [2.45, 2.75) is 6.42 Å². The molecule has 0 amide bonds. The Morgan fingerprint density at radius 1 is 1.55 bits per heavy atom. The van der Waals surface area contributed by atoms with E-state index in [1.54, 1.807) is 6.20 Å². The average molecular weight is 238 g/mol. The van der Waals surface area contributed by atoms with Crippen molar-refractivity contribution in [3.8, 4) is 0 Å². The zero-order valence-corrected chi connectivity index (χ0v) is 8.36. The Labute approximate surface area is 80.7 Å². The summed E-state index contributed by atoms with van der Waals surface area (Å²) in [5.41, 5.74) is 6.40. The van der Waals surface area contributed by atoms with Gasteiger partial charge in [-0.15, -0.1) is 12.4 Å². The molecule has 0 atom stereocenters. The molecule has 0 saturated carbocycles. The summed E-state index contributed by atoms with van der Waals surface area (Å²) in [6, 6.07) is 3.86. The van der Waals surface area contributed by atoms with Crippen LogP contribution in [0.15, 0.2) is 22.8 Å². The average Bonchev–Trinajstić information content (AvgIpc) is 1.94. The number of pyridine rings is 1. The number of halogens is 2. The van der Waals surface area contributed by atoms with Crippen LogP contribution in [0.3, 0.4) is 0 Å². The highest BCUT2D eigenvalue weighted by Crippen LogP contribution is 2.12. The normalized spacial score (nSPS) is 8.91. The van der Waals surface area contributed by atoms with Crippen molar-refractivity contribution in [1.29, 1.82) is 0 Å². The summed E-state index contributed by atoms with van der Waals surface area (Å²) in [4.78, 5) is 4.14. The van der Waals surface area contributed by atoms with Crippen molar-refractivity contribution in [3.63, 3.8) is 0 Å². The predicted molar refractivity (Wildman–Crippen MR) is 51.9 cm³/mol. The maximum atomic E-state index is 5.37. The molecule has 0 aliphatic heterocycles. The molecule has 2 nitrogen and oxygen atoms in total. The van der Waals surface area contributed by atoms with Gasteiger partial charge in [0, 0.05) is 17.1 Å². The van der Waals surface area contributed by atoms with Gasteiger partial charge in [0.25, 0.3) is 0 Å². The third-order valence-electron chi connectivity index (χ3n) is 1.22. The molecule has 0 aliphatic rings. The predicted octanol–water partition coefficient (Wildman–Crippen LogP) is 1.77. The third kappa shape index (κ3) is 3.18. The van der Waals surface area contributed by atoms with Gasteiger partial charge >= 0.3 is 0 Å². The summed E-state index contributed by atoms with van der Waals surface area (Å²) in [5, 5.41) is 0. The van der Waals surface area contributed by atoms with Gasteiger partial charge in [-0.05, 0) is 34.6 Å². The summed E-state index contributed by atoms with van der Waals surface area (Å²) < 4.78 is 1.04. The van der Waals surface area contributed by atoms with Gasteiger partial charge in [-0.25, -0.2) is 0 Å². The molecule has 0 bridgehead atoms. The van der Waals surface area contributed by atoms with E-state index in [1.165, 1.54) is 0 Å². The van der Waals surface area contributed by atoms with Gasteiger partial charge in [0.2, 0.25) is 0 Å². The first-order valence-electron chi connectivity index (χ1n) is 3.14. The minimum Gasteiger partial charge on any atom is -0.330 e. The number of hydrogen-bond acceptors (Lipinski definition) is 2. The maximum absolute atomic E-state index is 5.37. The Kier molecular flexibility index (Phi) is 5.46. The third-order valence-corrected chi connectivity index (χ3v) is 1.94. The van der Waals surface area contributed by atoms with Gasteiger partial charge in [-0.2, -0.15) is 0 Å². The lowest BCUT2D eigenvalue weighted by Crippen LogP contribution is -2.04. The van der Waals surface area contributed by atoms with Gasteiger partial charge < -0.3 is 5.73 Å². The van der Waals surface area contributed by atoms with Gasteiger partial charge in [0.1, 0.15) is 0 Å². The largest absolute Gasteiger partial charge is 0.330 e. The van der Waals surface area contributed by atoms with Crippen LogP contribution >= 0.6 is 28.3 Å². The molecule has 1 rings (SSSR count). The summed E-state index contributed by atoms with van der Waals surface area (Å²) in [5.74, 6) is 0. The van der Waals surface area contributed by atoms with Crippen LogP contribution < -0.4 is 5.73 Å². The van der Waals surface area contributed by atoms with Crippen molar-refractivity contribution in [2.75, 3.05) is 6.54 Å². The van der Waals surface area contributed by atoms with Crippen LogP contribution in [0.1, 0.15) is 5.69 Å². The van der Waals surface area contributed by atoms with Gasteiger partial charge in [-0.1, -0.05) is 0 Å². The fourth-order valence-corrected chi connectivity index (χ4v) is 1.19. The summed E-state index contributed by atoms with van der Waals surface area (Å²) in [6.45, 7) is 0.648. The van der Waals surface area contributed by atoms with E-state index in [9.17, 15) is 0 Å². The zero-order valence-electron chi connectivity index (χ0n) is 5.96. The van der Waals surface area contributed by atoms with Gasteiger partial charge in [-0.3, -0.25) is 4.98 Å². The fraction of sp³-hybridized carbons (Fsp3) is 0.286. The molecule has 0 radical (unpaired) electrons. The Morgan fingerprint density at radius 2 is 2.27 bits per heavy atom. The fourth-order valence-electron chi connectivity index (χ4n) is 0.739. The second kappa shape index (κ2) is 5.52. The van der Waals surface area contributed by atoms with Crippen molar-refractivity contribution in [1.82, 2.24) is 4.98 Å². The molecule has 0 saturated heterocycles. The Hall–Kier alpha value is -0.120. The van der Waals surface area contributed by atoms with Crippen molar-refractivity contribution >= 4 is 28.3 Å². The highest BCUT2D eigenvalue weighted by Gasteiger charge is 1.96. The molecule has 0 aliphatic carbocycles. The molecule has 1 aromatic rings. The van der Waals surface area contributed by atoms with E-state index in [2.05, 4.69) is 20.9 Å². The first-order valence-corrected chi connectivity index (χ1v) is 3.93. The number of nitrogens with zero attached hydrogens (tertiary/aromatic N) is 1. The highest BCUT2D eigenvalue weighted by molar-refractivity contribution is 9.10. The van der Waals surface area contributed by atoms with Crippen LogP contribution in [-0.2, 0) is 6.42 Å². The number of rotatable bonds is 2. The Morgan fingerprint density at radius 3 is 2.82 bits per heavy atom. The SMILES string of the molecule is Cl.NCCc1ncccc1Br. The van der Waals surface area contributed by atoms with Crippen molar-refractivity contribution in [3.05, 3.63) is 28.5 Å². The van der Waals surface area contributed by atoms with E-state index in [4.69, 9.17) is 5.73 Å². The molecule has 1 aromatic heterocycles. The van der Waals surface area contributed by atoms with Crippen LogP contribution in [0.2, 0.25) is 0 Å². The maximum Gasteiger partial charge on any atom is 0.0557 e. The molecule has 0 unspecified atom stereocenters. The van der Waals surface area contributed by atoms with Crippen LogP contribution in [0.4, 0.5) is 0 Å². The highest BCUT2D eigenvalue weighted by atomic mass is 79.9. The molecule has 2 N–H and O–H groups in total. The molecule has 0 fully saturated rings. The van der Waals surface area contributed by atoms with E-state index in [0.29, 0.717) is 6.54 Å². The molecule has 0 spiro atoms. The Balaban J connectivity index is 0.000001000. The van der Waals surface area contributed by atoms with E-state index in [-0.39, 0.29) is 12.4 Å². The quantitative estimate of drug-likeness (QED) is 0.851. The molecular weight excluding hydrogens is 227 g/mol. The van der Waals surface area contributed by atoms with E-state index >= 15 is 0 Å². The zero-order chi connectivity index (χ0) is 7.40. The lowest BCUT2D eigenvalue weighted by atomic mass is 10.3. The second-order valence-corrected chi connectivity index (χ2v) is 2.82. The smallest absolute Gasteiger partial charge is 0.0557 e. The lowest BCUT2D eigenvalue weighted by Gasteiger charge is -1.98. The molecule has 4 heteroatoms. The molecule has 1 heterocycles. The van der Waals surface area contributed by atoms with E-state index in [1.807, 2.05) is 12.1 Å². The van der Waals surface area contributed by atoms with Crippen LogP contribution in [-0.4, -0.2) is 11.5 Å². The first-order chi connectivity index (χ1) is 4.84. The molecule has 11 heavy (non-hydrogen) atoms. The summed E-state index contributed by atoms with van der Waals surface area (Å²) in [7, 11) is 0. The molecular formula is C7H10BrClN2. The number of aromatic nitrogens is 1. The first kappa shape index (κ1) is 10.9. The summed E-state index contributed by atoms with van der Waals surface area (Å²) >= 11 is 3.38.